The third-order valence-corrected chi connectivity index (χ3v) is 5.36. The third-order valence-electron chi connectivity index (χ3n) is 4.39. The molecule has 0 unspecified atom stereocenters. The molecule has 4 aromatic rings. The van der Waals surface area contributed by atoms with Crippen molar-refractivity contribution in [3.63, 3.8) is 0 Å². The van der Waals surface area contributed by atoms with E-state index in [0.717, 1.165) is 26.8 Å². The van der Waals surface area contributed by atoms with Gasteiger partial charge < -0.3 is 14.2 Å². The highest BCUT2D eigenvalue weighted by Gasteiger charge is 2.18. The summed E-state index contributed by atoms with van der Waals surface area (Å²) >= 11 is 1.52. The van der Waals surface area contributed by atoms with E-state index in [4.69, 9.17) is 24.3 Å². The SMILES string of the molecule is CCOc1c(OC)cc(-c2nn3cc(-c4ccc(C)cc4)nc3s2)cc1OC. The number of aryl methyl sites for hydroxylation is 1. The van der Waals surface area contributed by atoms with Crippen LogP contribution in [0.5, 0.6) is 17.2 Å². The number of ether oxygens (including phenoxy) is 3. The van der Waals surface area contributed by atoms with Crippen molar-refractivity contribution in [1.82, 2.24) is 14.6 Å². The molecule has 0 saturated heterocycles. The van der Waals surface area contributed by atoms with E-state index < -0.39 is 0 Å². The lowest BCUT2D eigenvalue weighted by Gasteiger charge is -2.14. The van der Waals surface area contributed by atoms with E-state index in [-0.39, 0.29) is 0 Å². The first-order chi connectivity index (χ1) is 13.6. The molecule has 0 aliphatic rings. The zero-order chi connectivity index (χ0) is 19.7. The van der Waals surface area contributed by atoms with Crippen molar-refractivity contribution in [2.75, 3.05) is 20.8 Å². The molecule has 2 aromatic heterocycles. The van der Waals surface area contributed by atoms with Gasteiger partial charge in [-0.2, -0.15) is 5.10 Å². The first kappa shape index (κ1) is 18.3. The minimum Gasteiger partial charge on any atom is -0.493 e. The van der Waals surface area contributed by atoms with Crippen molar-refractivity contribution in [2.45, 2.75) is 13.8 Å². The Morgan fingerprint density at radius 1 is 1.00 bits per heavy atom. The van der Waals surface area contributed by atoms with Crippen LogP contribution in [0.15, 0.2) is 42.6 Å². The first-order valence-corrected chi connectivity index (χ1v) is 9.77. The molecular formula is C21H21N3O3S. The molecule has 144 valence electrons. The summed E-state index contributed by atoms with van der Waals surface area (Å²) in [6.45, 7) is 4.52. The molecule has 0 fully saturated rings. The number of imidazole rings is 1. The van der Waals surface area contributed by atoms with Crippen LogP contribution in [0.25, 0.3) is 26.8 Å². The van der Waals surface area contributed by atoms with E-state index in [0.29, 0.717) is 23.9 Å². The largest absolute Gasteiger partial charge is 0.493 e. The summed E-state index contributed by atoms with van der Waals surface area (Å²) in [5.74, 6) is 1.83. The van der Waals surface area contributed by atoms with Gasteiger partial charge in [-0.1, -0.05) is 41.2 Å². The molecule has 0 radical (unpaired) electrons. The minimum absolute atomic E-state index is 0.527. The summed E-state index contributed by atoms with van der Waals surface area (Å²) in [5, 5.41) is 5.53. The molecule has 0 saturated carbocycles. The Labute approximate surface area is 167 Å². The Hall–Kier alpha value is -3.06. The average Bonchev–Trinajstić information content (AvgIpc) is 3.28. The molecule has 2 aromatic carbocycles. The molecule has 0 atom stereocenters. The molecule has 0 bridgehead atoms. The van der Waals surface area contributed by atoms with Crippen LogP contribution in [0.4, 0.5) is 0 Å². The Balaban J connectivity index is 1.73. The highest BCUT2D eigenvalue weighted by atomic mass is 32.1. The highest BCUT2D eigenvalue weighted by Crippen LogP contribution is 2.42. The minimum atomic E-state index is 0.527. The molecule has 0 N–H and O–H groups in total. The first-order valence-electron chi connectivity index (χ1n) is 8.95. The van der Waals surface area contributed by atoms with Crippen LogP contribution >= 0.6 is 11.3 Å². The molecule has 0 aliphatic carbocycles. The van der Waals surface area contributed by atoms with Crippen LogP contribution in [0.2, 0.25) is 0 Å². The normalized spacial score (nSPS) is 11.0. The van der Waals surface area contributed by atoms with E-state index in [9.17, 15) is 0 Å². The fourth-order valence-corrected chi connectivity index (χ4v) is 3.84. The lowest BCUT2D eigenvalue weighted by molar-refractivity contribution is 0.288. The fraction of sp³-hybridized carbons (Fsp3) is 0.238. The van der Waals surface area contributed by atoms with E-state index in [1.807, 2.05) is 29.8 Å². The van der Waals surface area contributed by atoms with Gasteiger partial charge >= 0.3 is 0 Å². The van der Waals surface area contributed by atoms with Gasteiger partial charge in [-0.15, -0.1) is 0 Å². The molecule has 4 rings (SSSR count). The second kappa shape index (κ2) is 7.52. The summed E-state index contributed by atoms with van der Waals surface area (Å²) < 4.78 is 18.5. The molecule has 0 spiro atoms. The monoisotopic (exact) mass is 395 g/mol. The summed E-state index contributed by atoms with van der Waals surface area (Å²) in [7, 11) is 3.23. The maximum absolute atomic E-state index is 5.67. The second-order valence-electron chi connectivity index (χ2n) is 6.27. The summed E-state index contributed by atoms with van der Waals surface area (Å²) in [6.07, 6.45) is 1.95. The third kappa shape index (κ3) is 3.29. The Kier molecular flexibility index (Phi) is 4.92. The number of benzene rings is 2. The molecular weight excluding hydrogens is 374 g/mol. The Morgan fingerprint density at radius 3 is 2.25 bits per heavy atom. The smallest absolute Gasteiger partial charge is 0.213 e. The lowest BCUT2D eigenvalue weighted by Crippen LogP contribution is -1.99. The summed E-state index contributed by atoms with van der Waals surface area (Å²) in [4.78, 5) is 5.55. The maximum Gasteiger partial charge on any atom is 0.213 e. The molecule has 2 heterocycles. The van der Waals surface area contributed by atoms with E-state index >= 15 is 0 Å². The van der Waals surface area contributed by atoms with Gasteiger partial charge in [0.15, 0.2) is 11.5 Å². The number of rotatable bonds is 6. The van der Waals surface area contributed by atoms with Gasteiger partial charge in [0.25, 0.3) is 0 Å². The number of nitrogens with zero attached hydrogens (tertiary/aromatic N) is 3. The predicted molar refractivity (Wildman–Crippen MR) is 111 cm³/mol. The quantitative estimate of drug-likeness (QED) is 0.467. The van der Waals surface area contributed by atoms with Crippen molar-refractivity contribution in [2.24, 2.45) is 0 Å². The van der Waals surface area contributed by atoms with Crippen LogP contribution in [0, 0.1) is 6.92 Å². The fourth-order valence-electron chi connectivity index (χ4n) is 2.97. The molecule has 0 aliphatic heterocycles. The van der Waals surface area contributed by atoms with Gasteiger partial charge in [0, 0.05) is 11.1 Å². The zero-order valence-corrected chi connectivity index (χ0v) is 17.0. The topological polar surface area (TPSA) is 57.9 Å². The molecule has 0 amide bonds. The molecule has 28 heavy (non-hydrogen) atoms. The van der Waals surface area contributed by atoms with Crippen LogP contribution < -0.4 is 14.2 Å². The van der Waals surface area contributed by atoms with Crippen molar-refractivity contribution < 1.29 is 14.2 Å². The molecule has 7 heteroatoms. The van der Waals surface area contributed by atoms with E-state index in [1.54, 1.807) is 14.2 Å². The van der Waals surface area contributed by atoms with Crippen molar-refractivity contribution in [3.05, 3.63) is 48.2 Å². The number of hydrogen-bond donors (Lipinski definition) is 0. The Bertz CT molecular complexity index is 1060. The van der Waals surface area contributed by atoms with Gasteiger partial charge in [0.2, 0.25) is 10.7 Å². The van der Waals surface area contributed by atoms with Gasteiger partial charge in [0.05, 0.1) is 32.7 Å². The van der Waals surface area contributed by atoms with Gasteiger partial charge in [-0.25, -0.2) is 9.50 Å². The van der Waals surface area contributed by atoms with E-state index in [1.165, 1.54) is 16.9 Å². The van der Waals surface area contributed by atoms with Gasteiger partial charge in [-0.3, -0.25) is 0 Å². The Morgan fingerprint density at radius 2 is 1.68 bits per heavy atom. The average molecular weight is 395 g/mol. The number of hydrogen-bond acceptors (Lipinski definition) is 6. The van der Waals surface area contributed by atoms with Crippen molar-refractivity contribution in [1.29, 1.82) is 0 Å². The standard InChI is InChI=1S/C21H21N3O3S/c1-5-27-19-17(25-3)10-15(11-18(19)26-4)20-23-24-12-16(22-21(24)28-20)14-8-6-13(2)7-9-14/h6-12H,5H2,1-4H3. The number of fused-ring (bicyclic) bond motifs is 1. The highest BCUT2D eigenvalue weighted by molar-refractivity contribution is 7.19. The predicted octanol–water partition coefficient (Wildman–Crippen LogP) is 4.85. The van der Waals surface area contributed by atoms with Gasteiger partial charge in [-0.05, 0) is 26.0 Å². The van der Waals surface area contributed by atoms with Crippen molar-refractivity contribution >= 4 is 16.3 Å². The zero-order valence-electron chi connectivity index (χ0n) is 16.2. The summed E-state index contributed by atoms with van der Waals surface area (Å²) in [5.41, 5.74) is 4.11. The van der Waals surface area contributed by atoms with E-state index in [2.05, 4.69) is 31.2 Å². The van der Waals surface area contributed by atoms with Crippen LogP contribution in [0.3, 0.4) is 0 Å². The lowest BCUT2D eigenvalue weighted by atomic mass is 10.1. The van der Waals surface area contributed by atoms with Crippen molar-refractivity contribution in [3.8, 4) is 39.1 Å². The second-order valence-corrected chi connectivity index (χ2v) is 7.23. The van der Waals surface area contributed by atoms with Gasteiger partial charge in [0.1, 0.15) is 5.01 Å². The van der Waals surface area contributed by atoms with Crippen LogP contribution in [-0.4, -0.2) is 35.4 Å². The number of aromatic nitrogens is 3. The van der Waals surface area contributed by atoms with Crippen LogP contribution in [-0.2, 0) is 0 Å². The number of methoxy groups -OCH3 is 2. The van der Waals surface area contributed by atoms with Crippen LogP contribution in [0.1, 0.15) is 12.5 Å². The molecule has 6 nitrogen and oxygen atoms in total. The summed E-state index contributed by atoms with van der Waals surface area (Å²) in [6, 6.07) is 12.1. The maximum atomic E-state index is 5.67.